The van der Waals surface area contributed by atoms with Crippen LogP contribution in [-0.4, -0.2) is 49.6 Å². The van der Waals surface area contributed by atoms with E-state index >= 15 is 0 Å². The zero-order valence-electron chi connectivity index (χ0n) is 11.7. The van der Waals surface area contributed by atoms with Gasteiger partial charge in [-0.3, -0.25) is 4.79 Å². The number of rotatable bonds is 4. The van der Waals surface area contributed by atoms with Gasteiger partial charge in [0.2, 0.25) is 0 Å². The maximum Gasteiger partial charge on any atom is 0.317 e. The Morgan fingerprint density at radius 2 is 1.85 bits per heavy atom. The van der Waals surface area contributed by atoms with Gasteiger partial charge >= 0.3 is 6.03 Å². The summed E-state index contributed by atoms with van der Waals surface area (Å²) in [6.07, 6.45) is 0.319. The third-order valence-corrected chi connectivity index (χ3v) is 3.30. The highest BCUT2D eigenvalue weighted by atomic mass is 16.5. The normalized spacial score (nSPS) is 14.9. The number of carbonyl (C=O) groups is 2. The van der Waals surface area contributed by atoms with Gasteiger partial charge in [0.1, 0.15) is 0 Å². The molecule has 5 heteroatoms. The number of hydrogen-bond donors (Lipinski definition) is 1. The highest BCUT2D eigenvalue weighted by Crippen LogP contribution is 2.06. The molecule has 20 heavy (non-hydrogen) atoms. The van der Waals surface area contributed by atoms with Crippen LogP contribution in [0.25, 0.3) is 0 Å². The van der Waals surface area contributed by atoms with Crippen LogP contribution in [0.2, 0.25) is 0 Å². The van der Waals surface area contributed by atoms with Crippen molar-refractivity contribution in [2.24, 2.45) is 0 Å². The van der Waals surface area contributed by atoms with Gasteiger partial charge in [0, 0.05) is 31.6 Å². The molecule has 0 spiro atoms. The summed E-state index contributed by atoms with van der Waals surface area (Å²) in [5.74, 6) is 0.0484. The van der Waals surface area contributed by atoms with Crippen molar-refractivity contribution in [1.29, 1.82) is 0 Å². The van der Waals surface area contributed by atoms with Crippen LogP contribution >= 0.6 is 0 Å². The SMILES string of the molecule is Cc1ccc(C(=O)CCNC(=O)N2CCOCC2)cc1. The molecule has 1 aromatic carbocycles. The Labute approximate surface area is 118 Å². The number of urea groups is 1. The van der Waals surface area contributed by atoms with Crippen molar-refractivity contribution in [2.75, 3.05) is 32.8 Å². The first-order chi connectivity index (χ1) is 9.66. The van der Waals surface area contributed by atoms with Gasteiger partial charge in [-0.15, -0.1) is 0 Å². The van der Waals surface area contributed by atoms with E-state index in [1.165, 1.54) is 0 Å². The number of amides is 2. The first-order valence-electron chi connectivity index (χ1n) is 6.87. The summed E-state index contributed by atoms with van der Waals surface area (Å²) >= 11 is 0. The van der Waals surface area contributed by atoms with Gasteiger partial charge in [0.05, 0.1) is 13.2 Å². The second-order valence-electron chi connectivity index (χ2n) is 4.87. The lowest BCUT2D eigenvalue weighted by Crippen LogP contribution is -2.46. The van der Waals surface area contributed by atoms with Crippen LogP contribution in [0.5, 0.6) is 0 Å². The molecule has 108 valence electrons. The summed E-state index contributed by atoms with van der Waals surface area (Å²) in [6.45, 7) is 4.72. The molecule has 1 fully saturated rings. The van der Waals surface area contributed by atoms with Crippen molar-refractivity contribution in [3.63, 3.8) is 0 Å². The van der Waals surface area contributed by atoms with E-state index in [9.17, 15) is 9.59 Å². The molecule has 5 nitrogen and oxygen atoms in total. The molecule has 1 N–H and O–H groups in total. The number of benzene rings is 1. The Kier molecular flexibility index (Phi) is 5.12. The molecule has 1 aliphatic heterocycles. The molecule has 1 aliphatic rings. The highest BCUT2D eigenvalue weighted by molar-refractivity contribution is 5.96. The van der Waals surface area contributed by atoms with Gasteiger partial charge < -0.3 is 15.0 Å². The van der Waals surface area contributed by atoms with Crippen molar-refractivity contribution in [1.82, 2.24) is 10.2 Å². The van der Waals surface area contributed by atoms with Gasteiger partial charge in [-0.05, 0) is 6.92 Å². The molecule has 1 aromatic rings. The van der Waals surface area contributed by atoms with E-state index in [1.54, 1.807) is 4.90 Å². The molecule has 2 amide bonds. The number of aryl methyl sites for hydroxylation is 1. The molecule has 0 radical (unpaired) electrons. The zero-order valence-corrected chi connectivity index (χ0v) is 11.7. The zero-order chi connectivity index (χ0) is 14.4. The number of hydrogen-bond acceptors (Lipinski definition) is 3. The molecule has 1 heterocycles. The van der Waals surface area contributed by atoms with E-state index in [0.29, 0.717) is 44.8 Å². The Morgan fingerprint density at radius 1 is 1.20 bits per heavy atom. The van der Waals surface area contributed by atoms with Crippen molar-refractivity contribution in [2.45, 2.75) is 13.3 Å². The van der Waals surface area contributed by atoms with Crippen molar-refractivity contribution in [3.8, 4) is 0 Å². The number of ether oxygens (including phenoxy) is 1. The fourth-order valence-electron chi connectivity index (χ4n) is 2.05. The van der Waals surface area contributed by atoms with E-state index in [-0.39, 0.29) is 11.8 Å². The van der Waals surface area contributed by atoms with Crippen molar-refractivity contribution in [3.05, 3.63) is 35.4 Å². The van der Waals surface area contributed by atoms with E-state index in [2.05, 4.69) is 5.32 Å². The number of morpholine rings is 1. The lowest BCUT2D eigenvalue weighted by Gasteiger charge is -2.26. The molecule has 0 unspecified atom stereocenters. The standard InChI is InChI=1S/C15H20N2O3/c1-12-2-4-13(5-3-12)14(18)6-7-16-15(19)17-8-10-20-11-9-17/h2-5H,6-11H2,1H3,(H,16,19). The maximum atomic E-state index is 11.9. The van der Waals surface area contributed by atoms with E-state index in [1.807, 2.05) is 31.2 Å². The first kappa shape index (κ1) is 14.5. The number of Topliss-reactive ketones (excluding diaryl/α,β-unsaturated/α-hetero) is 1. The Hall–Kier alpha value is -1.88. The monoisotopic (exact) mass is 276 g/mol. The summed E-state index contributed by atoms with van der Waals surface area (Å²) in [4.78, 5) is 25.4. The third kappa shape index (κ3) is 4.06. The van der Waals surface area contributed by atoms with Crippen molar-refractivity contribution < 1.29 is 14.3 Å². The molecule has 0 atom stereocenters. The predicted molar refractivity (Wildman–Crippen MR) is 75.9 cm³/mol. The Bertz CT molecular complexity index is 465. The molecule has 2 rings (SSSR count). The second-order valence-corrected chi connectivity index (χ2v) is 4.87. The summed E-state index contributed by atoms with van der Waals surface area (Å²) in [5, 5.41) is 2.78. The van der Waals surface area contributed by atoms with Crippen LogP contribution in [0.4, 0.5) is 4.79 Å². The number of carbonyl (C=O) groups excluding carboxylic acids is 2. The second kappa shape index (κ2) is 7.05. The van der Waals surface area contributed by atoms with Gasteiger partial charge in [0.25, 0.3) is 0 Å². The summed E-state index contributed by atoms with van der Waals surface area (Å²) in [5.41, 5.74) is 1.82. The Morgan fingerprint density at radius 3 is 2.50 bits per heavy atom. The molecule has 0 aliphatic carbocycles. The number of ketones is 1. The molecule has 0 bridgehead atoms. The summed E-state index contributed by atoms with van der Waals surface area (Å²) in [7, 11) is 0. The molecule has 1 saturated heterocycles. The lowest BCUT2D eigenvalue weighted by atomic mass is 10.1. The lowest BCUT2D eigenvalue weighted by molar-refractivity contribution is 0.0532. The predicted octanol–water partition coefficient (Wildman–Crippen LogP) is 1.61. The fourth-order valence-corrected chi connectivity index (χ4v) is 2.05. The van der Waals surface area contributed by atoms with E-state index in [4.69, 9.17) is 4.74 Å². The molecular formula is C15H20N2O3. The fraction of sp³-hybridized carbons (Fsp3) is 0.467. The third-order valence-electron chi connectivity index (χ3n) is 3.30. The van der Waals surface area contributed by atoms with E-state index < -0.39 is 0 Å². The van der Waals surface area contributed by atoms with Crippen molar-refractivity contribution >= 4 is 11.8 Å². The minimum absolute atomic E-state index is 0.0484. The smallest absolute Gasteiger partial charge is 0.317 e. The topological polar surface area (TPSA) is 58.6 Å². The largest absolute Gasteiger partial charge is 0.378 e. The quantitative estimate of drug-likeness (QED) is 0.850. The molecule has 0 aromatic heterocycles. The first-order valence-corrected chi connectivity index (χ1v) is 6.87. The van der Waals surface area contributed by atoms with Gasteiger partial charge in [0.15, 0.2) is 5.78 Å². The average Bonchev–Trinajstić information content (AvgIpc) is 2.48. The summed E-state index contributed by atoms with van der Waals surface area (Å²) < 4.78 is 5.18. The van der Waals surface area contributed by atoms with Crippen LogP contribution in [0.1, 0.15) is 22.3 Å². The van der Waals surface area contributed by atoms with Crippen LogP contribution in [0.15, 0.2) is 24.3 Å². The van der Waals surface area contributed by atoms with Crippen LogP contribution < -0.4 is 5.32 Å². The summed E-state index contributed by atoms with van der Waals surface area (Å²) in [6, 6.07) is 7.35. The minimum atomic E-state index is -0.120. The Balaban J connectivity index is 1.73. The molecule has 0 saturated carbocycles. The van der Waals surface area contributed by atoms with Gasteiger partial charge in [-0.25, -0.2) is 4.79 Å². The number of nitrogens with zero attached hydrogens (tertiary/aromatic N) is 1. The van der Waals surface area contributed by atoms with Gasteiger partial charge in [-0.1, -0.05) is 29.8 Å². The number of nitrogens with one attached hydrogen (secondary N) is 1. The highest BCUT2D eigenvalue weighted by Gasteiger charge is 2.16. The van der Waals surface area contributed by atoms with Crippen LogP contribution in [0.3, 0.4) is 0 Å². The van der Waals surface area contributed by atoms with E-state index in [0.717, 1.165) is 5.56 Å². The molecular weight excluding hydrogens is 256 g/mol. The average molecular weight is 276 g/mol. The van der Waals surface area contributed by atoms with Gasteiger partial charge in [-0.2, -0.15) is 0 Å². The maximum absolute atomic E-state index is 11.9. The van der Waals surface area contributed by atoms with Crippen LogP contribution in [-0.2, 0) is 4.74 Å². The van der Waals surface area contributed by atoms with Crippen LogP contribution in [0, 0.1) is 6.92 Å². The minimum Gasteiger partial charge on any atom is -0.378 e.